The van der Waals surface area contributed by atoms with E-state index in [1.807, 2.05) is 6.92 Å². The molecule has 2 fully saturated rings. The van der Waals surface area contributed by atoms with Gasteiger partial charge in [-0.15, -0.1) is 0 Å². The molecule has 1 saturated carbocycles. The molecule has 1 unspecified atom stereocenters. The van der Waals surface area contributed by atoms with Crippen LogP contribution >= 0.6 is 0 Å². The van der Waals surface area contributed by atoms with E-state index in [0.717, 1.165) is 25.8 Å². The number of hydrogen-bond acceptors (Lipinski definition) is 3. The van der Waals surface area contributed by atoms with Crippen LogP contribution in [0.1, 0.15) is 51.9 Å². The average Bonchev–Trinajstić information content (AvgIpc) is 2.89. The monoisotopic (exact) mass is 288 g/mol. The molecule has 4 nitrogen and oxygen atoms in total. The number of rotatable bonds is 6. The van der Waals surface area contributed by atoms with Gasteiger partial charge in [-0.1, -0.05) is 26.2 Å². The maximum atomic E-state index is 12.5. The number of nitrogens with zero attached hydrogens (tertiary/aromatic N) is 1. The summed E-state index contributed by atoms with van der Waals surface area (Å²) >= 11 is 0. The van der Waals surface area contributed by atoms with Crippen LogP contribution in [0.3, 0.4) is 0 Å². The highest BCUT2D eigenvalue weighted by atomic mass is 32.2. The zero-order valence-corrected chi connectivity index (χ0v) is 12.9. The minimum Gasteiger partial charge on any atom is -0.313 e. The van der Waals surface area contributed by atoms with Crippen LogP contribution in [0.25, 0.3) is 0 Å². The van der Waals surface area contributed by atoms with Crippen molar-refractivity contribution in [1.29, 1.82) is 0 Å². The zero-order chi connectivity index (χ0) is 13.7. The van der Waals surface area contributed by atoms with Gasteiger partial charge >= 0.3 is 0 Å². The van der Waals surface area contributed by atoms with Gasteiger partial charge in [-0.25, -0.2) is 12.7 Å². The minimum absolute atomic E-state index is 0.362. The quantitative estimate of drug-likeness (QED) is 0.813. The van der Waals surface area contributed by atoms with E-state index in [0.29, 0.717) is 30.8 Å². The smallest absolute Gasteiger partial charge is 0.214 e. The van der Waals surface area contributed by atoms with E-state index in [1.165, 1.54) is 25.7 Å². The first kappa shape index (κ1) is 15.3. The van der Waals surface area contributed by atoms with Crippen molar-refractivity contribution in [2.75, 3.05) is 25.4 Å². The van der Waals surface area contributed by atoms with Crippen LogP contribution in [-0.2, 0) is 10.0 Å². The molecule has 1 saturated heterocycles. The molecule has 0 aromatic heterocycles. The Labute approximate surface area is 118 Å². The summed E-state index contributed by atoms with van der Waals surface area (Å²) in [6, 6.07) is 0.362. The van der Waals surface area contributed by atoms with Crippen LogP contribution in [-0.4, -0.2) is 44.2 Å². The predicted molar refractivity (Wildman–Crippen MR) is 78.6 cm³/mol. The summed E-state index contributed by atoms with van der Waals surface area (Å²) in [5.74, 6) is 0.762. The Morgan fingerprint density at radius 3 is 2.42 bits per heavy atom. The van der Waals surface area contributed by atoms with E-state index in [4.69, 9.17) is 0 Å². The number of sulfonamides is 1. The lowest BCUT2D eigenvalue weighted by atomic mass is 9.91. The third-order valence-electron chi connectivity index (χ3n) is 4.50. The Hall–Kier alpha value is -0.130. The second-order valence-electron chi connectivity index (χ2n) is 6.03. The molecule has 0 bridgehead atoms. The van der Waals surface area contributed by atoms with Crippen molar-refractivity contribution in [3.05, 3.63) is 0 Å². The van der Waals surface area contributed by atoms with E-state index >= 15 is 0 Å². The first-order chi connectivity index (χ1) is 9.12. The van der Waals surface area contributed by atoms with Gasteiger partial charge in [0.2, 0.25) is 10.0 Å². The van der Waals surface area contributed by atoms with Gasteiger partial charge in [-0.2, -0.15) is 0 Å². The van der Waals surface area contributed by atoms with Crippen LogP contribution < -0.4 is 5.32 Å². The lowest BCUT2D eigenvalue weighted by Crippen LogP contribution is -2.43. The summed E-state index contributed by atoms with van der Waals surface area (Å²) in [6.07, 6.45) is 8.16. The fourth-order valence-electron chi connectivity index (χ4n) is 3.35. The Morgan fingerprint density at radius 1 is 1.11 bits per heavy atom. The molecule has 1 aliphatic heterocycles. The molecule has 1 atom stereocenters. The zero-order valence-electron chi connectivity index (χ0n) is 12.1. The first-order valence-corrected chi connectivity index (χ1v) is 9.44. The second kappa shape index (κ2) is 7.04. The largest absolute Gasteiger partial charge is 0.313 e. The van der Waals surface area contributed by atoms with Gasteiger partial charge in [0, 0.05) is 19.1 Å². The van der Waals surface area contributed by atoms with E-state index in [-0.39, 0.29) is 0 Å². The molecule has 5 heteroatoms. The number of nitrogens with one attached hydrogen (secondary N) is 1. The molecular weight excluding hydrogens is 260 g/mol. The predicted octanol–water partition coefficient (Wildman–Crippen LogP) is 1.97. The first-order valence-electron chi connectivity index (χ1n) is 7.83. The summed E-state index contributed by atoms with van der Waals surface area (Å²) < 4.78 is 26.7. The fourth-order valence-corrected chi connectivity index (χ4v) is 5.30. The molecular formula is C14H28N2O2S. The third-order valence-corrected chi connectivity index (χ3v) is 6.59. The van der Waals surface area contributed by atoms with Crippen molar-refractivity contribution < 1.29 is 8.42 Å². The van der Waals surface area contributed by atoms with Crippen molar-refractivity contribution in [3.8, 4) is 0 Å². The van der Waals surface area contributed by atoms with Gasteiger partial charge in [-0.3, -0.25) is 0 Å². The Balaban J connectivity index is 1.90. The van der Waals surface area contributed by atoms with Crippen LogP contribution in [0.15, 0.2) is 0 Å². The van der Waals surface area contributed by atoms with Gasteiger partial charge < -0.3 is 5.32 Å². The van der Waals surface area contributed by atoms with Gasteiger partial charge in [0.25, 0.3) is 0 Å². The molecule has 112 valence electrons. The molecule has 0 amide bonds. The SMILES string of the molecule is CCN(CC1CCCN1)S(=O)(=O)CC1CCCCC1. The van der Waals surface area contributed by atoms with Crippen molar-refractivity contribution >= 4 is 10.0 Å². The van der Waals surface area contributed by atoms with Crippen LogP contribution in [0, 0.1) is 5.92 Å². The van der Waals surface area contributed by atoms with Gasteiger partial charge in [0.1, 0.15) is 0 Å². The van der Waals surface area contributed by atoms with E-state index in [2.05, 4.69) is 5.32 Å². The maximum absolute atomic E-state index is 12.5. The highest BCUT2D eigenvalue weighted by Crippen LogP contribution is 2.26. The molecule has 0 aromatic carbocycles. The van der Waals surface area contributed by atoms with Crippen molar-refractivity contribution in [3.63, 3.8) is 0 Å². The molecule has 1 heterocycles. The standard InChI is InChI=1S/C14H28N2O2S/c1-2-16(11-14-9-6-10-15-14)19(17,18)12-13-7-4-3-5-8-13/h13-15H,2-12H2,1H3. The van der Waals surface area contributed by atoms with Crippen LogP contribution in [0.4, 0.5) is 0 Å². The molecule has 2 aliphatic rings. The summed E-state index contributed by atoms with van der Waals surface area (Å²) in [6.45, 7) is 4.25. The molecule has 0 aromatic rings. The second-order valence-corrected chi connectivity index (χ2v) is 8.04. The summed E-state index contributed by atoms with van der Waals surface area (Å²) in [5, 5.41) is 3.39. The molecule has 1 aliphatic carbocycles. The van der Waals surface area contributed by atoms with Crippen LogP contribution in [0.5, 0.6) is 0 Å². The molecule has 19 heavy (non-hydrogen) atoms. The van der Waals surface area contributed by atoms with Crippen molar-refractivity contribution in [2.45, 2.75) is 57.9 Å². The lowest BCUT2D eigenvalue weighted by molar-refractivity contribution is 0.355. The lowest BCUT2D eigenvalue weighted by Gasteiger charge is -2.27. The molecule has 0 radical (unpaired) electrons. The van der Waals surface area contributed by atoms with Crippen molar-refractivity contribution in [2.24, 2.45) is 5.92 Å². The fraction of sp³-hybridized carbons (Fsp3) is 1.00. The van der Waals surface area contributed by atoms with Crippen molar-refractivity contribution in [1.82, 2.24) is 9.62 Å². The third kappa shape index (κ3) is 4.43. The Bertz CT molecular complexity index is 358. The Kier molecular flexibility index (Phi) is 5.66. The summed E-state index contributed by atoms with van der Waals surface area (Å²) in [4.78, 5) is 0. The average molecular weight is 288 g/mol. The molecule has 2 rings (SSSR count). The van der Waals surface area contributed by atoms with E-state index in [9.17, 15) is 8.42 Å². The number of likely N-dealkylation sites (N-methyl/N-ethyl adjacent to an activating group) is 1. The number of hydrogen-bond donors (Lipinski definition) is 1. The molecule has 0 spiro atoms. The van der Waals surface area contributed by atoms with Gasteiger partial charge in [0.15, 0.2) is 0 Å². The highest BCUT2D eigenvalue weighted by molar-refractivity contribution is 7.89. The minimum atomic E-state index is -3.07. The summed E-state index contributed by atoms with van der Waals surface area (Å²) in [7, 11) is -3.07. The molecule has 1 N–H and O–H groups in total. The topological polar surface area (TPSA) is 49.4 Å². The van der Waals surface area contributed by atoms with Gasteiger partial charge in [-0.05, 0) is 38.1 Å². The summed E-state index contributed by atoms with van der Waals surface area (Å²) in [5.41, 5.74) is 0. The normalized spacial score (nSPS) is 26.1. The van der Waals surface area contributed by atoms with Gasteiger partial charge in [0.05, 0.1) is 5.75 Å². The van der Waals surface area contributed by atoms with E-state index in [1.54, 1.807) is 4.31 Å². The van der Waals surface area contributed by atoms with E-state index < -0.39 is 10.0 Å². The van der Waals surface area contributed by atoms with Crippen LogP contribution in [0.2, 0.25) is 0 Å². The Morgan fingerprint density at radius 2 is 1.84 bits per heavy atom. The highest BCUT2D eigenvalue weighted by Gasteiger charge is 2.28. The maximum Gasteiger partial charge on any atom is 0.214 e.